The number of fused-ring (bicyclic) bond motifs is 5. The Bertz CT molecular complexity index is 2570. The molecular formula is C43H27N5. The molecule has 0 amide bonds. The van der Waals surface area contributed by atoms with Gasteiger partial charge in [-0.15, -0.1) is 0 Å². The third-order valence-electron chi connectivity index (χ3n) is 8.79. The first kappa shape index (κ1) is 27.7. The minimum Gasteiger partial charge on any atom is -0.251 e. The highest BCUT2D eigenvalue weighted by Crippen LogP contribution is 2.36. The highest BCUT2D eigenvalue weighted by molar-refractivity contribution is 6.22. The number of rotatable bonds is 5. The van der Waals surface area contributed by atoms with Crippen LogP contribution in [0.4, 0.5) is 0 Å². The summed E-state index contributed by atoms with van der Waals surface area (Å²) in [7, 11) is 0. The molecule has 48 heavy (non-hydrogen) atoms. The van der Waals surface area contributed by atoms with Gasteiger partial charge in [0.15, 0.2) is 5.82 Å². The van der Waals surface area contributed by atoms with Crippen molar-refractivity contribution in [2.24, 2.45) is 0 Å². The van der Waals surface area contributed by atoms with E-state index < -0.39 is 0 Å². The van der Waals surface area contributed by atoms with Gasteiger partial charge in [-0.1, -0.05) is 140 Å². The summed E-state index contributed by atoms with van der Waals surface area (Å²) in [6.45, 7) is 0. The third kappa shape index (κ3) is 4.95. The molecule has 9 rings (SSSR count). The lowest BCUT2D eigenvalue weighted by atomic mass is 9.97. The van der Waals surface area contributed by atoms with Crippen molar-refractivity contribution >= 4 is 32.4 Å². The zero-order valence-electron chi connectivity index (χ0n) is 25.8. The van der Waals surface area contributed by atoms with Crippen LogP contribution in [0, 0.1) is 0 Å². The first-order valence-corrected chi connectivity index (χ1v) is 15.9. The number of para-hydroxylation sites is 1. The molecule has 0 saturated carbocycles. The van der Waals surface area contributed by atoms with Gasteiger partial charge < -0.3 is 0 Å². The maximum Gasteiger partial charge on any atom is 0.160 e. The van der Waals surface area contributed by atoms with Crippen molar-refractivity contribution in [3.8, 4) is 56.5 Å². The van der Waals surface area contributed by atoms with E-state index in [2.05, 4.69) is 115 Å². The first-order chi connectivity index (χ1) is 23.8. The van der Waals surface area contributed by atoms with E-state index in [-0.39, 0.29) is 0 Å². The molecule has 0 unspecified atom stereocenters. The molecule has 0 aliphatic heterocycles. The van der Waals surface area contributed by atoms with Crippen LogP contribution in [0.25, 0.3) is 89.0 Å². The van der Waals surface area contributed by atoms with E-state index in [1.807, 2.05) is 36.4 Å². The van der Waals surface area contributed by atoms with Crippen LogP contribution in [0.15, 0.2) is 164 Å². The van der Waals surface area contributed by atoms with Crippen LogP contribution in [0.3, 0.4) is 0 Å². The summed E-state index contributed by atoms with van der Waals surface area (Å²) >= 11 is 0. The van der Waals surface area contributed by atoms with Gasteiger partial charge in [0.25, 0.3) is 0 Å². The van der Waals surface area contributed by atoms with Crippen LogP contribution in [-0.2, 0) is 0 Å². The summed E-state index contributed by atoms with van der Waals surface area (Å²) in [4.78, 5) is 24.9. The monoisotopic (exact) mass is 613 g/mol. The second kappa shape index (κ2) is 11.6. The Labute approximate surface area is 277 Å². The van der Waals surface area contributed by atoms with Crippen LogP contribution < -0.4 is 0 Å². The molecule has 0 aliphatic rings. The summed E-state index contributed by atoms with van der Waals surface area (Å²) in [6.07, 6.45) is 3.60. The topological polar surface area (TPSA) is 64.5 Å². The van der Waals surface area contributed by atoms with Crippen molar-refractivity contribution in [2.45, 2.75) is 0 Å². The van der Waals surface area contributed by atoms with Gasteiger partial charge in [0.05, 0.1) is 35.0 Å². The lowest BCUT2D eigenvalue weighted by Gasteiger charge is -2.12. The number of pyridine rings is 1. The van der Waals surface area contributed by atoms with Gasteiger partial charge in [-0.05, 0) is 34.0 Å². The Morgan fingerprint density at radius 3 is 1.73 bits per heavy atom. The van der Waals surface area contributed by atoms with Gasteiger partial charge in [-0.3, -0.25) is 9.97 Å². The highest BCUT2D eigenvalue weighted by Gasteiger charge is 2.16. The van der Waals surface area contributed by atoms with E-state index in [4.69, 9.17) is 24.9 Å². The molecule has 224 valence electrons. The Hall–Kier alpha value is -6.59. The van der Waals surface area contributed by atoms with Gasteiger partial charge in [-0.25, -0.2) is 15.0 Å². The molecule has 0 aliphatic carbocycles. The largest absolute Gasteiger partial charge is 0.251 e. The number of nitrogens with zero attached hydrogens (tertiary/aromatic N) is 5. The van der Waals surface area contributed by atoms with Crippen molar-refractivity contribution in [2.75, 3.05) is 0 Å². The molecule has 5 heteroatoms. The highest BCUT2D eigenvalue weighted by atomic mass is 14.9. The molecule has 0 N–H and O–H groups in total. The molecule has 6 aromatic carbocycles. The average molecular weight is 614 g/mol. The van der Waals surface area contributed by atoms with Crippen molar-refractivity contribution in [1.29, 1.82) is 0 Å². The molecule has 5 nitrogen and oxygen atoms in total. The average Bonchev–Trinajstić information content (AvgIpc) is 3.18. The zero-order chi connectivity index (χ0) is 31.9. The molecule has 0 fully saturated rings. The summed E-state index contributed by atoms with van der Waals surface area (Å²) in [5, 5.41) is 5.72. The number of aromatic nitrogens is 5. The number of hydrogen-bond acceptors (Lipinski definition) is 5. The second-order valence-corrected chi connectivity index (χ2v) is 11.7. The standard InChI is InChI=1S/C43H27N5/c1-3-11-28(12-4-1)29-19-21-32(22-20-29)43-47-37(31-14-5-2-6-15-31)25-38(48-43)39-26-45-40(27-44-39)42-35-24-23-30-13-7-8-16-33(30)41(35)34-17-9-10-18-36(34)46-42/h1-27H. The van der Waals surface area contributed by atoms with Crippen molar-refractivity contribution in [1.82, 2.24) is 24.9 Å². The van der Waals surface area contributed by atoms with Gasteiger partial charge in [-0.2, -0.15) is 0 Å². The summed E-state index contributed by atoms with van der Waals surface area (Å²) in [6, 6.07) is 51.9. The zero-order valence-corrected chi connectivity index (χ0v) is 25.8. The van der Waals surface area contributed by atoms with Gasteiger partial charge in [0.1, 0.15) is 11.4 Å². The maximum absolute atomic E-state index is 5.09. The van der Waals surface area contributed by atoms with Gasteiger partial charge >= 0.3 is 0 Å². The minimum atomic E-state index is 0.630. The van der Waals surface area contributed by atoms with Crippen molar-refractivity contribution in [3.63, 3.8) is 0 Å². The fourth-order valence-electron chi connectivity index (χ4n) is 6.41. The van der Waals surface area contributed by atoms with E-state index in [1.54, 1.807) is 12.4 Å². The van der Waals surface area contributed by atoms with E-state index in [1.165, 1.54) is 21.7 Å². The lowest BCUT2D eigenvalue weighted by Crippen LogP contribution is -1.98. The van der Waals surface area contributed by atoms with E-state index in [9.17, 15) is 0 Å². The smallest absolute Gasteiger partial charge is 0.160 e. The molecular weight excluding hydrogens is 587 g/mol. The fourth-order valence-corrected chi connectivity index (χ4v) is 6.41. The van der Waals surface area contributed by atoms with E-state index >= 15 is 0 Å². The molecule has 0 radical (unpaired) electrons. The summed E-state index contributed by atoms with van der Waals surface area (Å²) in [5.74, 6) is 0.630. The third-order valence-corrected chi connectivity index (χ3v) is 8.79. The summed E-state index contributed by atoms with van der Waals surface area (Å²) < 4.78 is 0. The van der Waals surface area contributed by atoms with E-state index in [0.717, 1.165) is 44.4 Å². The van der Waals surface area contributed by atoms with Crippen molar-refractivity contribution < 1.29 is 0 Å². The Morgan fingerprint density at radius 2 is 0.958 bits per heavy atom. The Morgan fingerprint density at radius 1 is 0.354 bits per heavy atom. The van der Waals surface area contributed by atoms with Gasteiger partial charge in [0.2, 0.25) is 0 Å². The molecule has 0 bridgehead atoms. The first-order valence-electron chi connectivity index (χ1n) is 15.9. The van der Waals surface area contributed by atoms with Crippen LogP contribution >= 0.6 is 0 Å². The maximum atomic E-state index is 5.09. The predicted octanol–water partition coefficient (Wildman–Crippen LogP) is 10.5. The number of hydrogen-bond donors (Lipinski definition) is 0. The van der Waals surface area contributed by atoms with Crippen LogP contribution in [0.5, 0.6) is 0 Å². The van der Waals surface area contributed by atoms with Crippen LogP contribution in [0.2, 0.25) is 0 Å². The fraction of sp³-hybridized carbons (Fsp3) is 0. The SMILES string of the molecule is c1ccc(-c2ccc(-c3nc(-c4ccccc4)cc(-c4cnc(-c5nc6ccccc6c6c5ccc5ccccc56)cn4)n3)cc2)cc1. The van der Waals surface area contributed by atoms with Crippen molar-refractivity contribution in [3.05, 3.63) is 164 Å². The minimum absolute atomic E-state index is 0.630. The number of benzene rings is 6. The van der Waals surface area contributed by atoms with Gasteiger partial charge in [0, 0.05) is 27.3 Å². The predicted molar refractivity (Wildman–Crippen MR) is 195 cm³/mol. The van der Waals surface area contributed by atoms with Crippen LogP contribution in [-0.4, -0.2) is 24.9 Å². The Kier molecular flexibility index (Phi) is 6.72. The molecule has 9 aromatic rings. The molecule has 0 spiro atoms. The molecule has 0 saturated heterocycles. The normalized spacial score (nSPS) is 11.3. The molecule has 0 atom stereocenters. The molecule has 3 heterocycles. The second-order valence-electron chi connectivity index (χ2n) is 11.7. The quantitative estimate of drug-likeness (QED) is 0.181. The lowest BCUT2D eigenvalue weighted by molar-refractivity contribution is 1.14. The van der Waals surface area contributed by atoms with E-state index in [0.29, 0.717) is 22.9 Å². The van der Waals surface area contributed by atoms with Crippen LogP contribution in [0.1, 0.15) is 0 Å². The summed E-state index contributed by atoms with van der Waals surface area (Å²) in [5.41, 5.74) is 8.87. The Balaban J connectivity index is 1.15. The molecule has 3 aromatic heterocycles.